The maximum atomic E-state index is 11.9. The number of phenols is 1. The lowest BCUT2D eigenvalue weighted by Crippen LogP contribution is -2.00. The van der Waals surface area contributed by atoms with Gasteiger partial charge < -0.3 is 23.4 Å². The van der Waals surface area contributed by atoms with E-state index in [0.29, 0.717) is 28.5 Å². The van der Waals surface area contributed by atoms with Crippen molar-refractivity contribution in [2.24, 2.45) is 0 Å². The summed E-state index contributed by atoms with van der Waals surface area (Å²) in [5.41, 5.74) is 1.38. The Morgan fingerprint density at radius 3 is 2.74 bits per heavy atom. The second-order valence-electron chi connectivity index (χ2n) is 5.70. The van der Waals surface area contributed by atoms with E-state index in [1.165, 1.54) is 19.3 Å². The van der Waals surface area contributed by atoms with Gasteiger partial charge in [-0.15, -0.1) is 10.2 Å². The van der Waals surface area contributed by atoms with Crippen molar-refractivity contribution in [2.75, 3.05) is 7.11 Å². The van der Waals surface area contributed by atoms with E-state index in [4.69, 9.17) is 18.3 Å². The molecular formula is C19H18N2O6. The van der Waals surface area contributed by atoms with Crippen molar-refractivity contribution in [3.8, 4) is 23.0 Å². The number of benzene rings is 1. The third-order valence-electron chi connectivity index (χ3n) is 3.69. The summed E-state index contributed by atoms with van der Waals surface area (Å²) in [4.78, 5) is 11.9. The molecule has 0 fully saturated rings. The van der Waals surface area contributed by atoms with Crippen LogP contribution in [0.4, 0.5) is 0 Å². The summed E-state index contributed by atoms with van der Waals surface area (Å²) in [6.07, 6.45) is 2.80. The Balaban J connectivity index is 1.59. The van der Waals surface area contributed by atoms with Crippen LogP contribution in [0.3, 0.4) is 0 Å². The smallest absolute Gasteiger partial charge is 0.331 e. The predicted molar refractivity (Wildman–Crippen MR) is 95.0 cm³/mol. The number of hydrogen-bond acceptors (Lipinski definition) is 8. The molecule has 0 saturated carbocycles. The average molecular weight is 370 g/mol. The van der Waals surface area contributed by atoms with E-state index >= 15 is 0 Å². The van der Waals surface area contributed by atoms with Gasteiger partial charge >= 0.3 is 5.97 Å². The van der Waals surface area contributed by atoms with Crippen molar-refractivity contribution in [1.29, 1.82) is 0 Å². The number of furan rings is 1. The summed E-state index contributed by atoms with van der Waals surface area (Å²) < 4.78 is 21.0. The Morgan fingerprint density at radius 1 is 1.22 bits per heavy atom. The van der Waals surface area contributed by atoms with E-state index in [1.54, 1.807) is 31.2 Å². The van der Waals surface area contributed by atoms with Gasteiger partial charge in [-0.1, -0.05) is 6.07 Å². The Kier molecular flexibility index (Phi) is 5.25. The standard InChI is InChI=1S/C19H18N2O6/c1-11-8-14(12(2)26-11)19-21-20-17(27-19)10-25-18(23)7-5-13-4-6-15(22)16(9-13)24-3/h4-9,22H,10H2,1-3H3/b7-5+. The van der Waals surface area contributed by atoms with Crippen LogP contribution in [-0.2, 0) is 16.1 Å². The van der Waals surface area contributed by atoms with Crippen molar-refractivity contribution in [3.05, 3.63) is 53.3 Å². The van der Waals surface area contributed by atoms with Gasteiger partial charge in [-0.25, -0.2) is 4.79 Å². The molecule has 1 N–H and O–H groups in total. The number of aryl methyl sites for hydroxylation is 2. The monoisotopic (exact) mass is 370 g/mol. The summed E-state index contributed by atoms with van der Waals surface area (Å²) >= 11 is 0. The maximum absolute atomic E-state index is 11.9. The van der Waals surface area contributed by atoms with Crippen LogP contribution >= 0.6 is 0 Å². The van der Waals surface area contributed by atoms with E-state index in [2.05, 4.69) is 10.2 Å². The molecule has 3 rings (SSSR count). The highest BCUT2D eigenvalue weighted by molar-refractivity contribution is 5.87. The van der Waals surface area contributed by atoms with Crippen molar-refractivity contribution < 1.29 is 28.2 Å². The van der Waals surface area contributed by atoms with E-state index in [9.17, 15) is 9.90 Å². The molecule has 0 radical (unpaired) electrons. The van der Waals surface area contributed by atoms with Crippen LogP contribution in [0.2, 0.25) is 0 Å². The fraction of sp³-hybridized carbons (Fsp3) is 0.211. The third-order valence-corrected chi connectivity index (χ3v) is 3.69. The molecule has 0 aliphatic heterocycles. The van der Waals surface area contributed by atoms with Gasteiger partial charge in [0.25, 0.3) is 11.8 Å². The molecule has 140 valence electrons. The minimum absolute atomic E-state index is 0.0208. The summed E-state index contributed by atoms with van der Waals surface area (Å²) in [5.74, 6) is 1.66. The number of carbonyl (C=O) groups is 1. The Bertz CT molecular complexity index is 986. The van der Waals surface area contributed by atoms with Crippen LogP contribution in [0.25, 0.3) is 17.5 Å². The highest BCUT2D eigenvalue weighted by Gasteiger charge is 2.15. The molecule has 8 heteroatoms. The van der Waals surface area contributed by atoms with Gasteiger partial charge in [0.15, 0.2) is 18.1 Å². The van der Waals surface area contributed by atoms with Crippen LogP contribution in [0, 0.1) is 13.8 Å². The fourth-order valence-corrected chi connectivity index (χ4v) is 2.41. The zero-order chi connectivity index (χ0) is 19.4. The Labute approximate surface area is 155 Å². The highest BCUT2D eigenvalue weighted by Crippen LogP contribution is 2.27. The number of methoxy groups -OCH3 is 1. The largest absolute Gasteiger partial charge is 0.504 e. The second-order valence-corrected chi connectivity index (χ2v) is 5.70. The van der Waals surface area contributed by atoms with Crippen molar-refractivity contribution in [2.45, 2.75) is 20.5 Å². The summed E-state index contributed by atoms with van der Waals surface area (Å²) in [7, 11) is 1.45. The van der Waals surface area contributed by atoms with E-state index in [-0.39, 0.29) is 18.2 Å². The van der Waals surface area contributed by atoms with Crippen LogP contribution in [0.5, 0.6) is 11.5 Å². The van der Waals surface area contributed by atoms with Crippen LogP contribution in [0.1, 0.15) is 23.0 Å². The number of hydrogen-bond donors (Lipinski definition) is 1. The number of aromatic nitrogens is 2. The van der Waals surface area contributed by atoms with Crippen LogP contribution in [0.15, 0.2) is 39.2 Å². The number of nitrogens with zero attached hydrogens (tertiary/aromatic N) is 2. The van der Waals surface area contributed by atoms with E-state index in [0.717, 1.165) is 5.76 Å². The molecule has 0 aliphatic rings. The van der Waals surface area contributed by atoms with Crippen LogP contribution in [-0.4, -0.2) is 28.4 Å². The first-order valence-electron chi connectivity index (χ1n) is 8.08. The van der Waals surface area contributed by atoms with E-state index in [1.807, 2.05) is 6.92 Å². The summed E-state index contributed by atoms with van der Waals surface area (Å²) in [6.45, 7) is 3.48. The molecule has 27 heavy (non-hydrogen) atoms. The molecule has 0 bridgehead atoms. The lowest BCUT2D eigenvalue weighted by Gasteiger charge is -2.03. The quantitative estimate of drug-likeness (QED) is 0.519. The number of carbonyl (C=O) groups excluding carboxylic acids is 1. The average Bonchev–Trinajstić information content (AvgIpc) is 3.25. The number of aromatic hydroxyl groups is 1. The van der Waals surface area contributed by atoms with E-state index < -0.39 is 5.97 Å². The van der Waals surface area contributed by atoms with Crippen molar-refractivity contribution in [1.82, 2.24) is 10.2 Å². The Morgan fingerprint density at radius 2 is 2.04 bits per heavy atom. The first-order chi connectivity index (χ1) is 13.0. The normalized spacial score (nSPS) is 11.1. The molecule has 0 atom stereocenters. The van der Waals surface area contributed by atoms with Gasteiger partial charge in [-0.05, 0) is 43.7 Å². The zero-order valence-corrected chi connectivity index (χ0v) is 15.1. The number of esters is 1. The molecule has 2 heterocycles. The molecule has 0 aliphatic carbocycles. The molecule has 8 nitrogen and oxygen atoms in total. The summed E-state index contributed by atoms with van der Waals surface area (Å²) in [5, 5.41) is 17.4. The number of ether oxygens (including phenoxy) is 2. The van der Waals surface area contributed by atoms with Crippen molar-refractivity contribution >= 4 is 12.0 Å². The summed E-state index contributed by atoms with van der Waals surface area (Å²) in [6, 6.07) is 6.51. The fourth-order valence-electron chi connectivity index (χ4n) is 2.41. The zero-order valence-electron chi connectivity index (χ0n) is 15.1. The molecular weight excluding hydrogens is 352 g/mol. The topological polar surface area (TPSA) is 108 Å². The molecule has 2 aromatic heterocycles. The minimum atomic E-state index is -0.572. The van der Waals surface area contributed by atoms with Gasteiger partial charge in [0.1, 0.15) is 11.5 Å². The first-order valence-corrected chi connectivity index (χ1v) is 8.08. The first kappa shape index (κ1) is 18.2. The van der Waals surface area contributed by atoms with Crippen molar-refractivity contribution in [3.63, 3.8) is 0 Å². The van der Waals surface area contributed by atoms with Gasteiger partial charge in [-0.3, -0.25) is 0 Å². The SMILES string of the molecule is COc1cc(/C=C/C(=O)OCc2nnc(-c3cc(C)oc3C)o2)ccc1O. The molecule has 0 unspecified atom stereocenters. The molecule has 1 aromatic carbocycles. The minimum Gasteiger partial charge on any atom is -0.504 e. The second kappa shape index (κ2) is 7.77. The lowest BCUT2D eigenvalue weighted by atomic mass is 10.2. The number of rotatable bonds is 6. The van der Waals surface area contributed by atoms with Gasteiger partial charge in [0.2, 0.25) is 0 Å². The van der Waals surface area contributed by atoms with Gasteiger partial charge in [-0.2, -0.15) is 0 Å². The van der Waals surface area contributed by atoms with Gasteiger partial charge in [0, 0.05) is 6.08 Å². The highest BCUT2D eigenvalue weighted by atomic mass is 16.5. The predicted octanol–water partition coefficient (Wildman–Crippen LogP) is 3.42. The van der Waals surface area contributed by atoms with Gasteiger partial charge in [0.05, 0.1) is 12.7 Å². The molecule has 0 spiro atoms. The molecule has 0 saturated heterocycles. The molecule has 3 aromatic rings. The molecule has 0 amide bonds. The maximum Gasteiger partial charge on any atom is 0.331 e. The lowest BCUT2D eigenvalue weighted by molar-refractivity contribution is -0.139. The number of phenolic OH excluding ortho intramolecular Hbond substituents is 1. The third kappa shape index (κ3) is 4.35. The Hall–Kier alpha value is -3.55. The van der Waals surface area contributed by atoms with Crippen LogP contribution < -0.4 is 4.74 Å².